The minimum Gasteiger partial charge on any atom is -0.326 e. The Balaban J connectivity index is 2.85. The monoisotopic (exact) mass is 303 g/mol. The van der Waals surface area contributed by atoms with E-state index in [4.69, 9.17) is 11.6 Å². The van der Waals surface area contributed by atoms with Crippen LogP contribution in [0.3, 0.4) is 0 Å². The molecule has 0 fully saturated rings. The summed E-state index contributed by atoms with van der Waals surface area (Å²) in [4.78, 5) is 11.9. The second kappa shape index (κ2) is 5.19. The normalized spacial score (nSPS) is 11.3. The van der Waals surface area contributed by atoms with Crippen LogP contribution in [0, 0.1) is 12.3 Å². The fourth-order valence-electron chi connectivity index (χ4n) is 1.17. The van der Waals surface area contributed by atoms with Crippen LogP contribution in [0.5, 0.6) is 0 Å². The quantitative estimate of drug-likeness (QED) is 0.841. The number of amides is 1. The molecule has 0 aliphatic heterocycles. The van der Waals surface area contributed by atoms with Gasteiger partial charge in [-0.05, 0) is 44.5 Å². The van der Waals surface area contributed by atoms with Crippen LogP contribution in [0.15, 0.2) is 22.7 Å². The number of carbonyl (C=O) groups excluding carboxylic acids is 1. The maximum absolute atomic E-state index is 11.9. The lowest BCUT2D eigenvalue weighted by atomic mass is 9.95. The Bertz CT molecular complexity index is 384. The maximum atomic E-state index is 11.9. The molecule has 1 rings (SSSR count). The summed E-state index contributed by atoms with van der Waals surface area (Å²) in [7, 11) is 0. The number of alkyl halides is 1. The first-order valence-corrected chi connectivity index (χ1v) is 6.32. The Hall–Kier alpha value is -0.540. The fourth-order valence-corrected chi connectivity index (χ4v) is 1.90. The number of hydrogen-bond donors (Lipinski definition) is 1. The molecule has 4 heteroatoms. The van der Waals surface area contributed by atoms with Crippen LogP contribution in [0.1, 0.15) is 19.4 Å². The molecule has 0 aliphatic rings. The number of aryl methyl sites for hydroxylation is 1. The van der Waals surface area contributed by atoms with E-state index in [0.29, 0.717) is 5.88 Å². The van der Waals surface area contributed by atoms with Crippen LogP contribution in [-0.2, 0) is 4.79 Å². The molecule has 0 unspecified atom stereocenters. The van der Waals surface area contributed by atoms with Crippen molar-refractivity contribution in [2.24, 2.45) is 5.41 Å². The van der Waals surface area contributed by atoms with Gasteiger partial charge in [0.25, 0.3) is 0 Å². The second-order valence-corrected chi connectivity index (χ2v) is 5.67. The van der Waals surface area contributed by atoms with Gasteiger partial charge in [-0.3, -0.25) is 4.79 Å². The van der Waals surface area contributed by atoms with Crippen LogP contribution >= 0.6 is 27.5 Å². The van der Waals surface area contributed by atoms with Crippen LogP contribution in [0.25, 0.3) is 0 Å². The lowest BCUT2D eigenvalue weighted by molar-refractivity contribution is -0.122. The molecule has 1 aromatic rings. The highest BCUT2D eigenvalue weighted by molar-refractivity contribution is 9.10. The van der Waals surface area contributed by atoms with Crippen LogP contribution in [0.4, 0.5) is 5.69 Å². The van der Waals surface area contributed by atoms with Gasteiger partial charge in [0, 0.05) is 16.0 Å². The van der Waals surface area contributed by atoms with Crippen molar-refractivity contribution in [3.63, 3.8) is 0 Å². The van der Waals surface area contributed by atoms with Crippen molar-refractivity contribution < 1.29 is 4.79 Å². The van der Waals surface area contributed by atoms with Crippen LogP contribution < -0.4 is 5.32 Å². The lowest BCUT2D eigenvalue weighted by Crippen LogP contribution is -2.32. The summed E-state index contributed by atoms with van der Waals surface area (Å²) in [5, 5.41) is 2.86. The fraction of sp³-hybridized carbons (Fsp3) is 0.417. The molecular weight excluding hydrogens is 289 g/mol. The predicted octanol–water partition coefficient (Wildman–Crippen LogP) is 3.96. The molecule has 0 bridgehead atoms. The average Bonchev–Trinajstić information content (AvgIpc) is 2.15. The Morgan fingerprint density at radius 3 is 2.56 bits per heavy atom. The van der Waals surface area contributed by atoms with Crippen molar-refractivity contribution in [1.82, 2.24) is 0 Å². The minimum atomic E-state index is -0.558. The molecule has 88 valence electrons. The number of rotatable bonds is 3. The third-order valence-electron chi connectivity index (χ3n) is 2.25. The highest BCUT2D eigenvalue weighted by atomic mass is 79.9. The largest absolute Gasteiger partial charge is 0.326 e. The molecule has 0 atom stereocenters. The summed E-state index contributed by atoms with van der Waals surface area (Å²) < 4.78 is 0.950. The number of carbonyl (C=O) groups is 1. The van der Waals surface area contributed by atoms with Gasteiger partial charge in [-0.1, -0.05) is 15.9 Å². The predicted molar refractivity (Wildman–Crippen MR) is 72.0 cm³/mol. The van der Waals surface area contributed by atoms with E-state index in [1.807, 2.05) is 39.0 Å². The van der Waals surface area contributed by atoms with E-state index in [2.05, 4.69) is 21.2 Å². The van der Waals surface area contributed by atoms with Crippen LogP contribution in [-0.4, -0.2) is 11.8 Å². The summed E-state index contributed by atoms with van der Waals surface area (Å²) in [6.45, 7) is 5.62. The van der Waals surface area contributed by atoms with Gasteiger partial charge in [-0.15, -0.1) is 11.6 Å². The third kappa shape index (κ3) is 3.49. The second-order valence-electron chi connectivity index (χ2n) is 4.49. The standard InChI is InChI=1S/C12H15BrClNO/c1-8-4-9(13)6-10(5-8)15-11(16)12(2,3)7-14/h4-6H,7H2,1-3H3,(H,15,16). The summed E-state index contributed by atoms with van der Waals surface area (Å²) >= 11 is 9.14. The van der Waals surface area contributed by atoms with Crippen molar-refractivity contribution in [1.29, 1.82) is 0 Å². The molecule has 1 N–H and O–H groups in total. The molecule has 0 aliphatic carbocycles. The van der Waals surface area contributed by atoms with E-state index >= 15 is 0 Å². The Kier molecular flexibility index (Phi) is 4.39. The van der Waals surface area contributed by atoms with Crippen molar-refractivity contribution in [3.05, 3.63) is 28.2 Å². The zero-order valence-corrected chi connectivity index (χ0v) is 11.9. The third-order valence-corrected chi connectivity index (χ3v) is 3.37. The molecule has 16 heavy (non-hydrogen) atoms. The molecule has 0 radical (unpaired) electrons. The highest BCUT2D eigenvalue weighted by Crippen LogP contribution is 2.23. The van der Waals surface area contributed by atoms with Crippen molar-refractivity contribution >= 4 is 39.1 Å². The molecule has 0 saturated heterocycles. The van der Waals surface area contributed by atoms with Crippen LogP contribution in [0.2, 0.25) is 0 Å². The number of halogens is 2. The molecule has 0 aromatic heterocycles. The Morgan fingerprint density at radius 1 is 1.44 bits per heavy atom. The topological polar surface area (TPSA) is 29.1 Å². The first kappa shape index (κ1) is 13.5. The van der Waals surface area contributed by atoms with Gasteiger partial charge in [-0.25, -0.2) is 0 Å². The summed E-state index contributed by atoms with van der Waals surface area (Å²) in [6, 6.07) is 5.78. The van der Waals surface area contributed by atoms with Crippen molar-refractivity contribution in [3.8, 4) is 0 Å². The smallest absolute Gasteiger partial charge is 0.231 e. The van der Waals surface area contributed by atoms with E-state index in [0.717, 1.165) is 15.7 Å². The number of hydrogen-bond acceptors (Lipinski definition) is 1. The minimum absolute atomic E-state index is 0.0694. The molecule has 1 amide bonds. The first-order valence-electron chi connectivity index (χ1n) is 5.00. The molecule has 1 aromatic carbocycles. The highest BCUT2D eigenvalue weighted by Gasteiger charge is 2.26. The molecular formula is C12H15BrClNO. The molecule has 0 heterocycles. The first-order chi connectivity index (χ1) is 7.35. The summed E-state index contributed by atoms with van der Waals surface area (Å²) in [6.07, 6.45) is 0. The number of anilines is 1. The zero-order valence-electron chi connectivity index (χ0n) is 9.60. The van der Waals surface area contributed by atoms with Gasteiger partial charge in [-0.2, -0.15) is 0 Å². The van der Waals surface area contributed by atoms with Crippen molar-refractivity contribution in [2.75, 3.05) is 11.2 Å². The van der Waals surface area contributed by atoms with E-state index in [1.165, 1.54) is 0 Å². The van der Waals surface area contributed by atoms with Gasteiger partial charge in [0.1, 0.15) is 0 Å². The van der Waals surface area contributed by atoms with E-state index in [9.17, 15) is 4.79 Å². The lowest BCUT2D eigenvalue weighted by Gasteiger charge is -2.20. The summed E-state index contributed by atoms with van der Waals surface area (Å²) in [5.41, 5.74) is 1.32. The maximum Gasteiger partial charge on any atom is 0.231 e. The molecule has 2 nitrogen and oxygen atoms in total. The van der Waals surface area contributed by atoms with Gasteiger partial charge < -0.3 is 5.32 Å². The number of nitrogens with one attached hydrogen (secondary N) is 1. The summed E-state index contributed by atoms with van der Waals surface area (Å²) in [5.74, 6) is 0.228. The van der Waals surface area contributed by atoms with Gasteiger partial charge in [0.15, 0.2) is 0 Å². The average molecular weight is 305 g/mol. The van der Waals surface area contributed by atoms with Gasteiger partial charge >= 0.3 is 0 Å². The van der Waals surface area contributed by atoms with Gasteiger partial charge in [0.2, 0.25) is 5.91 Å². The molecule has 0 spiro atoms. The SMILES string of the molecule is Cc1cc(Br)cc(NC(=O)C(C)(C)CCl)c1. The van der Waals surface area contributed by atoms with Crippen molar-refractivity contribution in [2.45, 2.75) is 20.8 Å². The number of benzene rings is 1. The zero-order chi connectivity index (χ0) is 12.3. The van der Waals surface area contributed by atoms with E-state index in [1.54, 1.807) is 0 Å². The Morgan fingerprint density at radius 2 is 2.06 bits per heavy atom. The molecule has 0 saturated carbocycles. The van der Waals surface area contributed by atoms with E-state index in [-0.39, 0.29) is 5.91 Å². The van der Waals surface area contributed by atoms with Gasteiger partial charge in [0.05, 0.1) is 5.41 Å². The van der Waals surface area contributed by atoms with E-state index < -0.39 is 5.41 Å². The Labute approximate surface area is 110 Å².